The van der Waals surface area contributed by atoms with Gasteiger partial charge in [-0.3, -0.25) is 9.69 Å². The van der Waals surface area contributed by atoms with Crippen molar-refractivity contribution in [3.63, 3.8) is 0 Å². The normalized spacial score (nSPS) is 23.0. The predicted octanol–water partition coefficient (Wildman–Crippen LogP) is -0.242. The van der Waals surface area contributed by atoms with Crippen LogP contribution in [0.25, 0.3) is 0 Å². The van der Waals surface area contributed by atoms with Gasteiger partial charge in [0, 0.05) is 13.1 Å². The molecule has 1 rings (SSSR count). The molecule has 0 aromatic rings. The number of carbonyl (C=O) groups excluding carboxylic acids is 1. The number of likely N-dealkylation sites (tertiary alicyclic amines) is 1. The van der Waals surface area contributed by atoms with Gasteiger partial charge >= 0.3 is 0 Å². The Hall–Kier alpha value is -0.610. The zero-order valence-electron chi connectivity index (χ0n) is 9.42. The summed E-state index contributed by atoms with van der Waals surface area (Å²) in [6.07, 6.45) is 2.15. The Bertz CT molecular complexity index is 194. The first-order chi connectivity index (χ1) is 6.61. The monoisotopic (exact) mass is 199 g/mol. The third-order valence-corrected chi connectivity index (χ3v) is 2.68. The van der Waals surface area contributed by atoms with E-state index in [1.165, 1.54) is 0 Å². The van der Waals surface area contributed by atoms with E-state index in [0.29, 0.717) is 0 Å². The minimum absolute atomic E-state index is 0.108. The second-order valence-corrected chi connectivity index (χ2v) is 4.23. The number of rotatable bonds is 4. The van der Waals surface area contributed by atoms with Crippen LogP contribution in [0.15, 0.2) is 0 Å². The number of hydrogen-bond donors (Lipinski definition) is 1. The average Bonchev–Trinajstić information content (AvgIpc) is 2.50. The Kier molecular flexibility index (Phi) is 4.35. The molecule has 0 saturated carbocycles. The van der Waals surface area contributed by atoms with E-state index in [4.69, 9.17) is 0 Å². The molecule has 1 atom stereocenters. The zero-order valence-corrected chi connectivity index (χ0v) is 9.42. The summed E-state index contributed by atoms with van der Waals surface area (Å²) in [6.45, 7) is 2.70. The highest BCUT2D eigenvalue weighted by atomic mass is 16.2. The molecule has 0 aromatic heterocycles. The quantitative estimate of drug-likeness (QED) is 0.678. The molecule has 0 spiro atoms. The fourth-order valence-electron chi connectivity index (χ4n) is 1.76. The lowest BCUT2D eigenvalue weighted by Crippen LogP contribution is -2.43. The summed E-state index contributed by atoms with van der Waals surface area (Å²) in [5.41, 5.74) is 0. The van der Waals surface area contributed by atoms with Gasteiger partial charge in [0.15, 0.2) is 0 Å². The van der Waals surface area contributed by atoms with E-state index in [0.717, 1.165) is 32.5 Å². The Morgan fingerprint density at radius 3 is 2.79 bits per heavy atom. The number of carbonyl (C=O) groups is 1. The predicted molar refractivity (Wildman–Crippen MR) is 57.2 cm³/mol. The molecule has 4 heteroatoms. The largest absolute Gasteiger partial charge is 0.353 e. The van der Waals surface area contributed by atoms with Crippen LogP contribution in [-0.2, 0) is 4.79 Å². The molecule has 1 N–H and O–H groups in total. The first-order valence-electron chi connectivity index (χ1n) is 5.24. The molecule has 1 aliphatic rings. The summed E-state index contributed by atoms with van der Waals surface area (Å²) in [6, 6.07) is 0.108. The van der Waals surface area contributed by atoms with Crippen LogP contribution in [-0.4, -0.2) is 62.5 Å². The summed E-state index contributed by atoms with van der Waals surface area (Å²) < 4.78 is 0. The van der Waals surface area contributed by atoms with Crippen LogP contribution >= 0.6 is 0 Å². The maximum absolute atomic E-state index is 11.7. The van der Waals surface area contributed by atoms with E-state index in [2.05, 4.69) is 15.1 Å². The average molecular weight is 199 g/mol. The van der Waals surface area contributed by atoms with Gasteiger partial charge in [-0.15, -0.1) is 0 Å². The molecule has 82 valence electrons. The van der Waals surface area contributed by atoms with Crippen LogP contribution in [0.3, 0.4) is 0 Å². The molecular formula is C10H21N3O. The van der Waals surface area contributed by atoms with Crippen molar-refractivity contribution >= 4 is 5.91 Å². The van der Waals surface area contributed by atoms with Crippen molar-refractivity contribution in [1.82, 2.24) is 15.1 Å². The van der Waals surface area contributed by atoms with E-state index in [9.17, 15) is 4.79 Å². The molecule has 4 nitrogen and oxygen atoms in total. The second-order valence-electron chi connectivity index (χ2n) is 4.23. The Balaban J connectivity index is 2.21. The van der Waals surface area contributed by atoms with Gasteiger partial charge in [-0.2, -0.15) is 0 Å². The van der Waals surface area contributed by atoms with Gasteiger partial charge in [-0.1, -0.05) is 0 Å². The fraction of sp³-hybridized carbons (Fsp3) is 0.900. The number of amides is 1. The van der Waals surface area contributed by atoms with E-state index < -0.39 is 0 Å². The highest BCUT2D eigenvalue weighted by Gasteiger charge is 2.26. The summed E-state index contributed by atoms with van der Waals surface area (Å²) in [7, 11) is 6.03. The molecule has 0 aliphatic carbocycles. The molecular weight excluding hydrogens is 178 g/mol. The molecule has 1 fully saturated rings. The lowest BCUT2D eigenvalue weighted by atomic mass is 10.2. The van der Waals surface area contributed by atoms with Gasteiger partial charge in [0.2, 0.25) is 5.91 Å². The van der Waals surface area contributed by atoms with Crippen LogP contribution in [0.1, 0.15) is 12.8 Å². The van der Waals surface area contributed by atoms with Crippen LogP contribution in [0, 0.1) is 0 Å². The molecule has 0 unspecified atom stereocenters. The van der Waals surface area contributed by atoms with E-state index in [1.54, 1.807) is 0 Å². The lowest BCUT2D eigenvalue weighted by molar-refractivity contribution is -0.125. The number of likely N-dealkylation sites (N-methyl/N-ethyl adjacent to an activating group) is 2. The minimum atomic E-state index is 0.108. The smallest absolute Gasteiger partial charge is 0.237 e. The number of hydrogen-bond acceptors (Lipinski definition) is 3. The van der Waals surface area contributed by atoms with E-state index in [1.807, 2.05) is 21.1 Å². The third-order valence-electron chi connectivity index (χ3n) is 2.68. The van der Waals surface area contributed by atoms with Crippen molar-refractivity contribution in [2.45, 2.75) is 18.9 Å². The molecule has 0 bridgehead atoms. The molecule has 0 radical (unpaired) electrons. The first-order valence-corrected chi connectivity index (χ1v) is 5.24. The van der Waals surface area contributed by atoms with Crippen molar-refractivity contribution in [3.8, 4) is 0 Å². The number of nitrogens with zero attached hydrogens (tertiary/aromatic N) is 2. The fourth-order valence-corrected chi connectivity index (χ4v) is 1.76. The Morgan fingerprint density at radius 1 is 1.57 bits per heavy atom. The van der Waals surface area contributed by atoms with Gasteiger partial charge in [0.25, 0.3) is 0 Å². The van der Waals surface area contributed by atoms with Crippen molar-refractivity contribution in [1.29, 1.82) is 0 Å². The Labute approximate surface area is 86.2 Å². The highest BCUT2D eigenvalue weighted by Crippen LogP contribution is 2.14. The Morgan fingerprint density at radius 2 is 2.29 bits per heavy atom. The highest BCUT2D eigenvalue weighted by molar-refractivity contribution is 5.81. The lowest BCUT2D eigenvalue weighted by Gasteiger charge is -2.19. The van der Waals surface area contributed by atoms with Crippen LogP contribution in [0.5, 0.6) is 0 Å². The standard InChI is InChI=1S/C10H21N3O/c1-12(2)8-6-11-10(14)9-5-4-7-13(9)3/h9H,4-8H2,1-3H3,(H,11,14)/t9-/m1/s1. The number of nitrogens with one attached hydrogen (secondary N) is 1. The van der Waals surface area contributed by atoms with E-state index in [-0.39, 0.29) is 11.9 Å². The molecule has 1 heterocycles. The van der Waals surface area contributed by atoms with Crippen molar-refractivity contribution in [2.24, 2.45) is 0 Å². The van der Waals surface area contributed by atoms with Gasteiger partial charge in [-0.25, -0.2) is 0 Å². The van der Waals surface area contributed by atoms with Gasteiger partial charge in [0.05, 0.1) is 6.04 Å². The van der Waals surface area contributed by atoms with Crippen molar-refractivity contribution < 1.29 is 4.79 Å². The van der Waals surface area contributed by atoms with Gasteiger partial charge in [-0.05, 0) is 40.5 Å². The summed E-state index contributed by atoms with van der Waals surface area (Å²) in [5.74, 6) is 0.187. The maximum atomic E-state index is 11.7. The third kappa shape index (κ3) is 3.27. The van der Waals surface area contributed by atoms with Crippen LogP contribution < -0.4 is 5.32 Å². The summed E-state index contributed by atoms with van der Waals surface area (Å²) in [5, 5.41) is 2.96. The minimum Gasteiger partial charge on any atom is -0.353 e. The molecule has 14 heavy (non-hydrogen) atoms. The maximum Gasteiger partial charge on any atom is 0.237 e. The van der Waals surface area contributed by atoms with Crippen molar-refractivity contribution in [3.05, 3.63) is 0 Å². The van der Waals surface area contributed by atoms with Crippen LogP contribution in [0.2, 0.25) is 0 Å². The second kappa shape index (κ2) is 5.32. The molecule has 1 aliphatic heterocycles. The molecule has 1 amide bonds. The zero-order chi connectivity index (χ0) is 10.6. The summed E-state index contributed by atoms with van der Waals surface area (Å²) >= 11 is 0. The topological polar surface area (TPSA) is 35.6 Å². The molecule has 1 saturated heterocycles. The van der Waals surface area contributed by atoms with Gasteiger partial charge < -0.3 is 10.2 Å². The van der Waals surface area contributed by atoms with E-state index >= 15 is 0 Å². The first kappa shape index (κ1) is 11.5. The van der Waals surface area contributed by atoms with Gasteiger partial charge in [0.1, 0.15) is 0 Å². The van der Waals surface area contributed by atoms with Crippen molar-refractivity contribution in [2.75, 3.05) is 40.8 Å². The van der Waals surface area contributed by atoms with Crippen LogP contribution in [0.4, 0.5) is 0 Å². The SMILES string of the molecule is CN(C)CCNC(=O)[C@H]1CCCN1C. The molecule has 0 aromatic carbocycles. The summed E-state index contributed by atoms with van der Waals surface area (Å²) in [4.78, 5) is 15.9.